The van der Waals surface area contributed by atoms with E-state index in [0.29, 0.717) is 28.8 Å². The summed E-state index contributed by atoms with van der Waals surface area (Å²) in [6.07, 6.45) is -0.0788. The summed E-state index contributed by atoms with van der Waals surface area (Å²) in [6.45, 7) is 1.69. The van der Waals surface area contributed by atoms with E-state index >= 15 is 0 Å². The van der Waals surface area contributed by atoms with Crippen molar-refractivity contribution in [2.24, 2.45) is 0 Å². The lowest BCUT2D eigenvalue weighted by molar-refractivity contribution is -0.122. The van der Waals surface area contributed by atoms with Crippen molar-refractivity contribution in [1.29, 1.82) is 0 Å². The van der Waals surface area contributed by atoms with Crippen LogP contribution in [0.4, 0.5) is 5.13 Å². The zero-order chi connectivity index (χ0) is 19.9. The molecule has 1 N–H and O–H groups in total. The highest BCUT2D eigenvalue weighted by Crippen LogP contribution is 2.29. The number of carbonyl (C=O) groups excluding carboxylic acids is 1. The van der Waals surface area contributed by atoms with Crippen LogP contribution in [0.15, 0.2) is 48.5 Å². The van der Waals surface area contributed by atoms with Gasteiger partial charge in [0.2, 0.25) is 5.13 Å². The second kappa shape index (κ2) is 9.18. The van der Waals surface area contributed by atoms with Crippen molar-refractivity contribution in [3.63, 3.8) is 0 Å². The molecule has 0 aliphatic carbocycles. The third-order valence-electron chi connectivity index (χ3n) is 3.93. The molecule has 0 spiro atoms. The Morgan fingerprint density at radius 3 is 2.54 bits per heavy atom. The van der Waals surface area contributed by atoms with Gasteiger partial charge < -0.3 is 14.2 Å². The molecule has 0 bridgehead atoms. The smallest absolute Gasteiger partial charge is 0.266 e. The van der Waals surface area contributed by atoms with Gasteiger partial charge in [0.25, 0.3) is 5.91 Å². The predicted octanol–water partition coefficient (Wildman–Crippen LogP) is 3.55. The highest BCUT2D eigenvalue weighted by Gasteiger charge is 2.17. The molecule has 146 valence electrons. The van der Waals surface area contributed by atoms with Crippen LogP contribution in [0.5, 0.6) is 17.2 Å². The zero-order valence-electron chi connectivity index (χ0n) is 15.8. The number of nitrogens with zero attached hydrogens (tertiary/aromatic N) is 2. The summed E-state index contributed by atoms with van der Waals surface area (Å²) < 4.78 is 16.2. The Morgan fingerprint density at radius 1 is 1.07 bits per heavy atom. The fraction of sp³-hybridized carbons (Fsp3) is 0.250. The number of aromatic nitrogens is 2. The first-order chi connectivity index (χ1) is 13.6. The van der Waals surface area contributed by atoms with Crippen molar-refractivity contribution in [2.75, 3.05) is 19.5 Å². The lowest BCUT2D eigenvalue weighted by atomic mass is 10.1. The van der Waals surface area contributed by atoms with Gasteiger partial charge in [-0.25, -0.2) is 0 Å². The molecule has 8 heteroatoms. The third-order valence-corrected chi connectivity index (χ3v) is 4.76. The maximum absolute atomic E-state index is 12.3. The van der Waals surface area contributed by atoms with Crippen molar-refractivity contribution in [3.8, 4) is 17.2 Å². The first kappa shape index (κ1) is 19.6. The van der Waals surface area contributed by atoms with Crippen molar-refractivity contribution >= 4 is 22.4 Å². The van der Waals surface area contributed by atoms with Crippen LogP contribution >= 0.6 is 11.3 Å². The van der Waals surface area contributed by atoms with Gasteiger partial charge in [0.15, 0.2) is 17.6 Å². The van der Waals surface area contributed by atoms with Crippen LogP contribution in [0.25, 0.3) is 0 Å². The van der Waals surface area contributed by atoms with Crippen LogP contribution < -0.4 is 19.5 Å². The van der Waals surface area contributed by atoms with Gasteiger partial charge in [-0.3, -0.25) is 10.1 Å². The number of anilines is 1. The molecule has 0 unspecified atom stereocenters. The van der Waals surface area contributed by atoms with E-state index in [1.807, 2.05) is 36.4 Å². The molecule has 1 heterocycles. The van der Waals surface area contributed by atoms with Crippen LogP contribution in [-0.4, -0.2) is 36.4 Å². The van der Waals surface area contributed by atoms with E-state index in [1.54, 1.807) is 33.3 Å². The lowest BCUT2D eigenvalue weighted by Crippen LogP contribution is -2.30. The lowest BCUT2D eigenvalue weighted by Gasteiger charge is -2.13. The van der Waals surface area contributed by atoms with Crippen LogP contribution in [-0.2, 0) is 11.2 Å². The molecule has 1 aromatic heterocycles. The van der Waals surface area contributed by atoms with E-state index in [4.69, 9.17) is 14.2 Å². The summed E-state index contributed by atoms with van der Waals surface area (Å²) in [7, 11) is 3.19. The standard InChI is InChI=1S/C20H21N3O4S/c1-13(27-15-7-5-4-6-8-15)19(24)21-20-23-22-18(28-20)12-14-9-10-16(25-2)17(11-14)26-3/h4-11,13H,12H2,1-3H3,(H,21,23,24)/t13-/m0/s1. The number of amides is 1. The van der Waals surface area contributed by atoms with E-state index in [-0.39, 0.29) is 5.91 Å². The van der Waals surface area contributed by atoms with Crippen LogP contribution in [0.2, 0.25) is 0 Å². The Morgan fingerprint density at radius 2 is 1.82 bits per heavy atom. The fourth-order valence-corrected chi connectivity index (χ4v) is 3.28. The molecule has 0 saturated heterocycles. The minimum atomic E-state index is -0.652. The maximum Gasteiger partial charge on any atom is 0.266 e. The van der Waals surface area contributed by atoms with Gasteiger partial charge in [-0.05, 0) is 36.8 Å². The number of hydrogen-bond acceptors (Lipinski definition) is 7. The molecule has 1 atom stereocenters. The molecule has 0 saturated carbocycles. The quantitative estimate of drug-likeness (QED) is 0.624. The summed E-state index contributed by atoms with van der Waals surface area (Å²) >= 11 is 1.32. The molecule has 3 rings (SSSR count). The molecule has 2 aromatic carbocycles. The first-order valence-corrected chi connectivity index (χ1v) is 9.46. The van der Waals surface area contributed by atoms with Gasteiger partial charge >= 0.3 is 0 Å². The molecule has 0 radical (unpaired) electrons. The Labute approximate surface area is 167 Å². The molecule has 0 fully saturated rings. The van der Waals surface area contributed by atoms with E-state index < -0.39 is 6.10 Å². The topological polar surface area (TPSA) is 82.6 Å². The Balaban J connectivity index is 1.60. The van der Waals surface area contributed by atoms with Gasteiger partial charge in [0, 0.05) is 6.42 Å². The van der Waals surface area contributed by atoms with Crippen molar-refractivity contribution in [3.05, 3.63) is 59.1 Å². The maximum atomic E-state index is 12.3. The Bertz CT molecular complexity index is 930. The number of hydrogen-bond donors (Lipinski definition) is 1. The average Bonchev–Trinajstić information content (AvgIpc) is 3.15. The number of ether oxygens (including phenoxy) is 3. The van der Waals surface area contributed by atoms with Crippen molar-refractivity contribution < 1.29 is 19.0 Å². The fourth-order valence-electron chi connectivity index (χ4n) is 2.50. The number of rotatable bonds is 8. The number of carbonyl (C=O) groups is 1. The molecule has 0 aliphatic heterocycles. The van der Waals surface area contributed by atoms with E-state index in [0.717, 1.165) is 10.6 Å². The van der Waals surface area contributed by atoms with Crippen LogP contribution in [0, 0.1) is 0 Å². The molecule has 7 nitrogen and oxygen atoms in total. The molecule has 3 aromatic rings. The number of methoxy groups -OCH3 is 2. The van der Waals surface area contributed by atoms with Crippen LogP contribution in [0.1, 0.15) is 17.5 Å². The summed E-state index contributed by atoms with van der Waals surface area (Å²) in [5, 5.41) is 12.1. The van der Waals surface area contributed by atoms with Gasteiger partial charge in [-0.2, -0.15) is 0 Å². The summed E-state index contributed by atoms with van der Waals surface area (Å²) in [5.41, 5.74) is 1.01. The number of benzene rings is 2. The van der Waals surface area contributed by atoms with Gasteiger partial charge in [0.05, 0.1) is 14.2 Å². The SMILES string of the molecule is COc1ccc(Cc2nnc(NC(=O)[C@H](C)Oc3ccccc3)s2)cc1OC. The second-order valence-corrected chi connectivity index (χ2v) is 6.99. The normalized spacial score (nSPS) is 11.5. The van der Waals surface area contributed by atoms with E-state index in [9.17, 15) is 4.79 Å². The highest BCUT2D eigenvalue weighted by molar-refractivity contribution is 7.15. The Hall–Kier alpha value is -3.13. The molecular formula is C20H21N3O4S. The number of para-hydroxylation sites is 1. The van der Waals surface area contributed by atoms with Gasteiger partial charge in [-0.15, -0.1) is 10.2 Å². The third kappa shape index (κ3) is 4.98. The monoisotopic (exact) mass is 399 g/mol. The van der Waals surface area contributed by atoms with Gasteiger partial charge in [-0.1, -0.05) is 35.6 Å². The zero-order valence-corrected chi connectivity index (χ0v) is 16.7. The first-order valence-electron chi connectivity index (χ1n) is 8.65. The summed E-state index contributed by atoms with van der Waals surface area (Å²) in [6, 6.07) is 14.9. The minimum absolute atomic E-state index is 0.280. The van der Waals surface area contributed by atoms with Gasteiger partial charge in [0.1, 0.15) is 10.8 Å². The highest BCUT2D eigenvalue weighted by atomic mass is 32.1. The summed E-state index contributed by atoms with van der Waals surface area (Å²) in [4.78, 5) is 12.3. The van der Waals surface area contributed by atoms with E-state index in [1.165, 1.54) is 11.3 Å². The Kier molecular flexibility index (Phi) is 6.44. The number of nitrogens with one attached hydrogen (secondary N) is 1. The largest absolute Gasteiger partial charge is 0.493 e. The summed E-state index contributed by atoms with van der Waals surface area (Å²) in [5.74, 6) is 1.68. The average molecular weight is 399 g/mol. The second-order valence-electron chi connectivity index (χ2n) is 5.93. The molecule has 1 amide bonds. The predicted molar refractivity (Wildman–Crippen MR) is 107 cm³/mol. The van der Waals surface area contributed by atoms with Crippen molar-refractivity contribution in [1.82, 2.24) is 10.2 Å². The molecule has 0 aliphatic rings. The van der Waals surface area contributed by atoms with Crippen LogP contribution in [0.3, 0.4) is 0 Å². The van der Waals surface area contributed by atoms with E-state index in [2.05, 4.69) is 15.5 Å². The minimum Gasteiger partial charge on any atom is -0.493 e. The molecular weight excluding hydrogens is 378 g/mol. The van der Waals surface area contributed by atoms with Crippen molar-refractivity contribution in [2.45, 2.75) is 19.4 Å². The molecule has 28 heavy (non-hydrogen) atoms.